The molecule has 0 spiro atoms. The lowest BCUT2D eigenvalue weighted by atomic mass is 10.1. The first kappa shape index (κ1) is 13.7. The Hall–Kier alpha value is -2.29. The quantitative estimate of drug-likeness (QED) is 0.685. The van der Waals surface area contributed by atoms with Crippen LogP contribution in [0.2, 0.25) is 5.02 Å². The summed E-state index contributed by atoms with van der Waals surface area (Å²) in [5, 5.41) is 13.9. The molecule has 1 aromatic heterocycles. The molecule has 0 saturated heterocycles. The zero-order chi connectivity index (χ0) is 15.0. The van der Waals surface area contributed by atoms with Crippen molar-refractivity contribution < 1.29 is 0 Å². The van der Waals surface area contributed by atoms with E-state index in [1.54, 1.807) is 29.5 Å². The molecule has 0 saturated carbocycles. The van der Waals surface area contributed by atoms with E-state index in [0.717, 1.165) is 15.2 Å². The molecule has 1 heterocycles. The fraction of sp³-hybridized carbons (Fsp3) is 0.0667. The van der Waals surface area contributed by atoms with Gasteiger partial charge in [-0.3, -0.25) is 0 Å². The molecular weight excluding hydrogens is 304 g/mol. The molecule has 4 nitrogen and oxygen atoms in total. The first-order valence-electron chi connectivity index (χ1n) is 6.20. The summed E-state index contributed by atoms with van der Waals surface area (Å²) in [6.07, 6.45) is 0. The second-order valence-electron chi connectivity index (χ2n) is 4.57. The summed E-state index contributed by atoms with van der Waals surface area (Å²) in [5.74, 6) is 0. The van der Waals surface area contributed by atoms with Crippen molar-refractivity contribution in [2.24, 2.45) is 0 Å². The van der Waals surface area contributed by atoms with Crippen molar-refractivity contribution in [1.29, 1.82) is 5.26 Å². The monoisotopic (exact) mass is 314 g/mol. The maximum atomic E-state index is 9.16. The summed E-state index contributed by atoms with van der Waals surface area (Å²) < 4.78 is 1.04. The number of halogens is 1. The Morgan fingerprint density at radius 3 is 2.86 bits per heavy atom. The first-order chi connectivity index (χ1) is 10.1. The van der Waals surface area contributed by atoms with Gasteiger partial charge in [0.2, 0.25) is 0 Å². The average Bonchev–Trinajstić information content (AvgIpc) is 2.78. The highest BCUT2D eigenvalue weighted by molar-refractivity contribution is 7.18. The fourth-order valence-corrected chi connectivity index (χ4v) is 3.10. The van der Waals surface area contributed by atoms with Gasteiger partial charge in [0.15, 0.2) is 0 Å². The van der Waals surface area contributed by atoms with E-state index in [2.05, 4.69) is 16.4 Å². The number of hydrogen-bond acceptors (Lipinski definition) is 5. The third-order valence-electron chi connectivity index (χ3n) is 3.04. The van der Waals surface area contributed by atoms with E-state index in [1.807, 2.05) is 19.1 Å². The Balaban J connectivity index is 2.07. The lowest BCUT2D eigenvalue weighted by Crippen LogP contribution is -1.98. The molecule has 3 aromatic rings. The Morgan fingerprint density at radius 2 is 2.10 bits per heavy atom. The van der Waals surface area contributed by atoms with Gasteiger partial charge in [0.1, 0.15) is 6.07 Å². The number of hydrogen-bond donors (Lipinski definition) is 2. The minimum atomic E-state index is 0.508. The number of nitriles is 1. The summed E-state index contributed by atoms with van der Waals surface area (Å²) in [4.78, 5) is 4.45. The maximum absolute atomic E-state index is 9.16. The van der Waals surface area contributed by atoms with E-state index in [-0.39, 0.29) is 0 Å². The summed E-state index contributed by atoms with van der Waals surface area (Å²) in [5.41, 5.74) is 9.41. The van der Waals surface area contributed by atoms with E-state index >= 15 is 0 Å². The number of rotatable bonds is 2. The van der Waals surface area contributed by atoms with Crippen molar-refractivity contribution in [2.75, 3.05) is 11.1 Å². The summed E-state index contributed by atoms with van der Waals surface area (Å²) in [7, 11) is 0. The van der Waals surface area contributed by atoms with Crippen molar-refractivity contribution in [2.45, 2.75) is 6.92 Å². The number of aryl methyl sites for hydroxylation is 1. The molecule has 0 amide bonds. The van der Waals surface area contributed by atoms with Crippen LogP contribution in [0.3, 0.4) is 0 Å². The van der Waals surface area contributed by atoms with Crippen molar-refractivity contribution in [1.82, 2.24) is 4.98 Å². The normalized spacial score (nSPS) is 10.5. The number of benzene rings is 2. The van der Waals surface area contributed by atoms with Gasteiger partial charge in [-0.25, -0.2) is 4.98 Å². The second-order valence-corrected chi connectivity index (χ2v) is 6.24. The summed E-state index contributed by atoms with van der Waals surface area (Å²) in [6, 6.07) is 11.0. The molecule has 0 atom stereocenters. The number of fused-ring (bicyclic) bond motifs is 1. The van der Waals surface area contributed by atoms with E-state index in [0.29, 0.717) is 27.6 Å². The van der Waals surface area contributed by atoms with Crippen LogP contribution in [0.15, 0.2) is 30.3 Å². The number of anilines is 3. The summed E-state index contributed by atoms with van der Waals surface area (Å²) >= 11 is 7.59. The molecule has 2 aromatic carbocycles. The number of aromatic nitrogens is 1. The molecule has 0 radical (unpaired) electrons. The molecule has 6 heteroatoms. The molecular formula is C15H11ClN4S. The topological polar surface area (TPSA) is 74.7 Å². The van der Waals surface area contributed by atoms with Crippen LogP contribution in [-0.4, -0.2) is 4.98 Å². The highest BCUT2D eigenvalue weighted by Gasteiger charge is 2.09. The van der Waals surface area contributed by atoms with Gasteiger partial charge in [-0.2, -0.15) is 5.26 Å². The van der Waals surface area contributed by atoms with Crippen LogP contribution in [0.1, 0.15) is 10.6 Å². The number of nitrogens with zero attached hydrogens (tertiary/aromatic N) is 2. The SMILES string of the molecule is Cc1nc2cc(Nc3cc(Cl)ccc3C#N)c(N)cc2s1. The van der Waals surface area contributed by atoms with Gasteiger partial charge >= 0.3 is 0 Å². The third kappa shape index (κ3) is 2.64. The standard InChI is InChI=1S/C15H11ClN4S/c1-8-19-14-6-13(11(18)5-15(14)21-8)20-12-4-10(16)3-2-9(12)7-17/h2-6,20H,18H2,1H3. The van der Waals surface area contributed by atoms with Crippen molar-refractivity contribution in [3.8, 4) is 6.07 Å². The van der Waals surface area contributed by atoms with Crippen LogP contribution < -0.4 is 11.1 Å². The largest absolute Gasteiger partial charge is 0.397 e. The predicted octanol–water partition coefficient (Wildman–Crippen LogP) is 4.46. The maximum Gasteiger partial charge on any atom is 0.101 e. The third-order valence-corrected chi connectivity index (χ3v) is 4.21. The Kier molecular flexibility index (Phi) is 3.42. The molecule has 0 aliphatic carbocycles. The number of nitrogens with one attached hydrogen (secondary N) is 1. The van der Waals surface area contributed by atoms with Crippen molar-refractivity contribution >= 4 is 50.2 Å². The highest BCUT2D eigenvalue weighted by atomic mass is 35.5. The molecule has 0 aliphatic heterocycles. The van der Waals surface area contributed by atoms with Gasteiger partial charge in [-0.15, -0.1) is 11.3 Å². The van der Waals surface area contributed by atoms with Gasteiger partial charge in [0, 0.05) is 5.02 Å². The lowest BCUT2D eigenvalue weighted by Gasteiger charge is -2.11. The molecule has 0 unspecified atom stereocenters. The van der Waals surface area contributed by atoms with Gasteiger partial charge in [-0.05, 0) is 37.3 Å². The van der Waals surface area contributed by atoms with Gasteiger partial charge in [-0.1, -0.05) is 11.6 Å². The number of thiazole rings is 1. The molecule has 104 valence electrons. The zero-order valence-electron chi connectivity index (χ0n) is 11.1. The number of nitrogen functional groups attached to an aromatic ring is 1. The van der Waals surface area contributed by atoms with Crippen LogP contribution in [0.25, 0.3) is 10.2 Å². The van der Waals surface area contributed by atoms with E-state index in [9.17, 15) is 0 Å². The van der Waals surface area contributed by atoms with E-state index < -0.39 is 0 Å². The molecule has 0 aliphatic rings. The second kappa shape index (κ2) is 5.24. The van der Waals surface area contributed by atoms with Gasteiger partial charge in [0.25, 0.3) is 0 Å². The van der Waals surface area contributed by atoms with Crippen LogP contribution in [-0.2, 0) is 0 Å². The molecule has 3 rings (SSSR count). The molecule has 0 fully saturated rings. The van der Waals surface area contributed by atoms with Crippen LogP contribution in [0.5, 0.6) is 0 Å². The smallest absolute Gasteiger partial charge is 0.101 e. The van der Waals surface area contributed by atoms with Crippen LogP contribution in [0.4, 0.5) is 17.1 Å². The van der Waals surface area contributed by atoms with Gasteiger partial charge in [0.05, 0.1) is 37.8 Å². The minimum Gasteiger partial charge on any atom is -0.397 e. The minimum absolute atomic E-state index is 0.508. The lowest BCUT2D eigenvalue weighted by molar-refractivity contribution is 1.35. The highest BCUT2D eigenvalue weighted by Crippen LogP contribution is 2.33. The Labute approximate surface area is 130 Å². The van der Waals surface area contributed by atoms with E-state index in [4.69, 9.17) is 22.6 Å². The van der Waals surface area contributed by atoms with Crippen LogP contribution in [0, 0.1) is 18.3 Å². The van der Waals surface area contributed by atoms with Crippen molar-refractivity contribution in [3.05, 3.63) is 45.9 Å². The van der Waals surface area contributed by atoms with E-state index in [1.165, 1.54) is 0 Å². The zero-order valence-corrected chi connectivity index (χ0v) is 12.7. The molecule has 21 heavy (non-hydrogen) atoms. The fourth-order valence-electron chi connectivity index (χ4n) is 2.08. The molecule has 3 N–H and O–H groups in total. The summed E-state index contributed by atoms with van der Waals surface area (Å²) in [6.45, 7) is 1.96. The predicted molar refractivity (Wildman–Crippen MR) is 88.2 cm³/mol. The molecule has 0 bridgehead atoms. The van der Waals surface area contributed by atoms with Crippen molar-refractivity contribution in [3.63, 3.8) is 0 Å². The Morgan fingerprint density at radius 1 is 1.29 bits per heavy atom. The van der Waals surface area contributed by atoms with Crippen LogP contribution >= 0.6 is 22.9 Å². The van der Waals surface area contributed by atoms with Gasteiger partial charge < -0.3 is 11.1 Å². The number of nitrogens with two attached hydrogens (primary N) is 1. The Bertz CT molecular complexity index is 879. The first-order valence-corrected chi connectivity index (χ1v) is 7.39. The average molecular weight is 315 g/mol.